The van der Waals surface area contributed by atoms with Crippen molar-refractivity contribution in [3.8, 4) is 0 Å². The summed E-state index contributed by atoms with van der Waals surface area (Å²) in [6.07, 6.45) is 5.05. The fourth-order valence-corrected chi connectivity index (χ4v) is 2.18. The Kier molecular flexibility index (Phi) is 5.95. The third kappa shape index (κ3) is 4.20. The van der Waals surface area contributed by atoms with E-state index in [0.29, 0.717) is 0 Å². The zero-order chi connectivity index (χ0) is 13.5. The third-order valence-electron chi connectivity index (χ3n) is 3.65. The van der Waals surface area contributed by atoms with Gasteiger partial charge in [-0.15, -0.1) is 0 Å². The van der Waals surface area contributed by atoms with Crippen LogP contribution in [-0.2, 0) is 4.79 Å². The molecule has 0 aliphatic carbocycles. The molecule has 0 radical (unpaired) electrons. The summed E-state index contributed by atoms with van der Waals surface area (Å²) in [7, 11) is 0. The molecule has 2 atom stereocenters. The van der Waals surface area contributed by atoms with Gasteiger partial charge in [-0.05, 0) is 18.8 Å². The van der Waals surface area contributed by atoms with E-state index in [-0.39, 0.29) is 11.9 Å². The molecule has 1 aliphatic heterocycles. The average molecular weight is 256 g/mol. The van der Waals surface area contributed by atoms with Gasteiger partial charge in [0, 0.05) is 13.1 Å². The molecule has 0 aromatic carbocycles. The lowest BCUT2D eigenvalue weighted by Gasteiger charge is -2.26. The lowest BCUT2D eigenvalue weighted by atomic mass is 9.99. The van der Waals surface area contributed by atoms with Crippen LogP contribution in [0.2, 0.25) is 0 Å². The van der Waals surface area contributed by atoms with Crippen LogP contribution in [0, 0.1) is 5.92 Å². The van der Waals surface area contributed by atoms with E-state index in [9.17, 15) is 9.59 Å². The first-order chi connectivity index (χ1) is 8.56. The van der Waals surface area contributed by atoms with Crippen LogP contribution in [-0.4, -0.2) is 41.1 Å². The van der Waals surface area contributed by atoms with Gasteiger partial charge in [0.25, 0.3) is 0 Å². The Labute approximate surface area is 109 Å². The molecule has 104 valence electrons. The number of amides is 2. The van der Waals surface area contributed by atoms with Crippen LogP contribution < -0.4 is 5.32 Å². The second-order valence-corrected chi connectivity index (χ2v) is 5.05. The summed E-state index contributed by atoms with van der Waals surface area (Å²) >= 11 is 0. The number of carboxylic acids is 1. The number of carbonyl (C=O) groups excluding carboxylic acids is 1. The fourth-order valence-electron chi connectivity index (χ4n) is 2.18. The predicted octanol–water partition coefficient (Wildman–Crippen LogP) is 2.07. The number of rotatable bonds is 4. The normalized spacial score (nSPS) is 19.8. The number of aliphatic carboxylic acids is 1. The van der Waals surface area contributed by atoms with Gasteiger partial charge in [-0.2, -0.15) is 0 Å². The minimum Gasteiger partial charge on any atom is -0.480 e. The van der Waals surface area contributed by atoms with Gasteiger partial charge in [-0.1, -0.05) is 33.1 Å². The second-order valence-electron chi connectivity index (χ2n) is 5.05. The molecule has 2 amide bonds. The topological polar surface area (TPSA) is 69.6 Å². The molecule has 0 aromatic rings. The van der Waals surface area contributed by atoms with Gasteiger partial charge in [0.1, 0.15) is 6.04 Å². The van der Waals surface area contributed by atoms with E-state index in [1.807, 2.05) is 13.8 Å². The van der Waals surface area contributed by atoms with E-state index in [1.54, 1.807) is 4.90 Å². The van der Waals surface area contributed by atoms with E-state index in [2.05, 4.69) is 5.32 Å². The molecule has 5 heteroatoms. The maximum absolute atomic E-state index is 12.0. The van der Waals surface area contributed by atoms with Crippen LogP contribution >= 0.6 is 0 Å². The van der Waals surface area contributed by atoms with Crippen molar-refractivity contribution in [2.75, 3.05) is 13.1 Å². The van der Waals surface area contributed by atoms with Gasteiger partial charge in [0.2, 0.25) is 0 Å². The van der Waals surface area contributed by atoms with Crippen molar-refractivity contribution in [2.45, 2.75) is 52.0 Å². The molecule has 1 heterocycles. The number of hydrogen-bond acceptors (Lipinski definition) is 2. The largest absolute Gasteiger partial charge is 0.480 e. The number of hydrogen-bond donors (Lipinski definition) is 2. The molecular formula is C13H24N2O3. The monoisotopic (exact) mass is 256 g/mol. The highest BCUT2D eigenvalue weighted by Gasteiger charge is 2.27. The van der Waals surface area contributed by atoms with E-state index in [1.165, 1.54) is 0 Å². The Morgan fingerprint density at radius 3 is 2.22 bits per heavy atom. The van der Waals surface area contributed by atoms with Crippen molar-refractivity contribution >= 4 is 12.0 Å². The van der Waals surface area contributed by atoms with Crippen molar-refractivity contribution < 1.29 is 14.7 Å². The Balaban J connectivity index is 2.56. The molecule has 0 unspecified atom stereocenters. The van der Waals surface area contributed by atoms with Crippen LogP contribution in [0.5, 0.6) is 0 Å². The van der Waals surface area contributed by atoms with Crippen molar-refractivity contribution in [1.82, 2.24) is 10.2 Å². The SMILES string of the molecule is CC[C@H](C)[C@H](NC(=O)N1CCCCCC1)C(=O)O. The Morgan fingerprint density at radius 1 is 1.22 bits per heavy atom. The predicted molar refractivity (Wildman–Crippen MR) is 69.5 cm³/mol. The third-order valence-corrected chi connectivity index (χ3v) is 3.65. The van der Waals surface area contributed by atoms with Gasteiger partial charge in [0.05, 0.1) is 0 Å². The number of carboxylic acid groups (broad SMARTS) is 1. The zero-order valence-electron chi connectivity index (χ0n) is 11.3. The molecule has 2 N–H and O–H groups in total. The van der Waals surface area contributed by atoms with Gasteiger partial charge in [-0.3, -0.25) is 0 Å². The second kappa shape index (κ2) is 7.24. The van der Waals surface area contributed by atoms with Crippen LogP contribution in [0.3, 0.4) is 0 Å². The van der Waals surface area contributed by atoms with E-state index < -0.39 is 12.0 Å². The van der Waals surface area contributed by atoms with Crippen LogP contribution in [0.1, 0.15) is 46.0 Å². The lowest BCUT2D eigenvalue weighted by Crippen LogP contribution is -2.50. The number of nitrogens with one attached hydrogen (secondary N) is 1. The standard InChI is InChI=1S/C13H24N2O3/c1-3-10(2)11(12(16)17)14-13(18)15-8-6-4-5-7-9-15/h10-11H,3-9H2,1-2H3,(H,14,18)(H,16,17)/t10-,11-/m0/s1. The van der Waals surface area contributed by atoms with Crippen molar-refractivity contribution in [2.24, 2.45) is 5.92 Å². The maximum Gasteiger partial charge on any atom is 0.326 e. The smallest absolute Gasteiger partial charge is 0.326 e. The summed E-state index contributed by atoms with van der Waals surface area (Å²) in [6.45, 7) is 5.25. The maximum atomic E-state index is 12.0. The zero-order valence-corrected chi connectivity index (χ0v) is 11.3. The first-order valence-electron chi connectivity index (χ1n) is 6.84. The lowest BCUT2D eigenvalue weighted by molar-refractivity contribution is -0.140. The Bertz CT molecular complexity index is 286. The summed E-state index contributed by atoms with van der Waals surface area (Å²) in [5.41, 5.74) is 0. The fraction of sp³-hybridized carbons (Fsp3) is 0.846. The molecule has 0 aromatic heterocycles. The number of nitrogens with zero attached hydrogens (tertiary/aromatic N) is 1. The number of likely N-dealkylation sites (tertiary alicyclic amines) is 1. The molecule has 1 saturated heterocycles. The highest BCUT2D eigenvalue weighted by Crippen LogP contribution is 2.12. The Hall–Kier alpha value is -1.26. The van der Waals surface area contributed by atoms with E-state index in [0.717, 1.165) is 45.2 Å². The summed E-state index contributed by atoms with van der Waals surface area (Å²) in [5.74, 6) is -1.01. The number of carbonyl (C=O) groups is 2. The van der Waals surface area contributed by atoms with Gasteiger partial charge < -0.3 is 15.3 Å². The van der Waals surface area contributed by atoms with Gasteiger partial charge in [-0.25, -0.2) is 9.59 Å². The summed E-state index contributed by atoms with van der Waals surface area (Å²) in [4.78, 5) is 24.9. The van der Waals surface area contributed by atoms with Crippen molar-refractivity contribution in [1.29, 1.82) is 0 Å². The summed E-state index contributed by atoms with van der Waals surface area (Å²) < 4.78 is 0. The first-order valence-corrected chi connectivity index (χ1v) is 6.84. The molecule has 1 aliphatic rings. The quantitative estimate of drug-likeness (QED) is 0.809. The molecule has 0 saturated carbocycles. The van der Waals surface area contributed by atoms with Gasteiger partial charge >= 0.3 is 12.0 Å². The van der Waals surface area contributed by atoms with E-state index in [4.69, 9.17) is 5.11 Å². The van der Waals surface area contributed by atoms with Crippen molar-refractivity contribution in [3.05, 3.63) is 0 Å². The molecule has 18 heavy (non-hydrogen) atoms. The van der Waals surface area contributed by atoms with Gasteiger partial charge in [0.15, 0.2) is 0 Å². The minimum absolute atomic E-state index is 0.0570. The molecule has 1 rings (SSSR count). The average Bonchev–Trinajstić information content (AvgIpc) is 2.63. The first kappa shape index (κ1) is 14.8. The highest BCUT2D eigenvalue weighted by molar-refractivity contribution is 5.82. The molecular weight excluding hydrogens is 232 g/mol. The van der Waals surface area contributed by atoms with Crippen LogP contribution in [0.25, 0.3) is 0 Å². The molecule has 0 spiro atoms. The summed E-state index contributed by atoms with van der Waals surface area (Å²) in [6, 6.07) is -1.02. The number of urea groups is 1. The van der Waals surface area contributed by atoms with Crippen LogP contribution in [0.4, 0.5) is 4.79 Å². The van der Waals surface area contributed by atoms with E-state index >= 15 is 0 Å². The van der Waals surface area contributed by atoms with Crippen LogP contribution in [0.15, 0.2) is 0 Å². The van der Waals surface area contributed by atoms with Crippen molar-refractivity contribution in [3.63, 3.8) is 0 Å². The molecule has 0 bridgehead atoms. The Morgan fingerprint density at radius 2 is 1.78 bits per heavy atom. The summed E-state index contributed by atoms with van der Waals surface area (Å²) in [5, 5.41) is 11.8. The minimum atomic E-state index is -0.951. The highest BCUT2D eigenvalue weighted by atomic mass is 16.4. The molecule has 5 nitrogen and oxygen atoms in total. The molecule has 1 fully saturated rings.